The summed E-state index contributed by atoms with van der Waals surface area (Å²) in [6, 6.07) is 0.203. The lowest BCUT2D eigenvalue weighted by Gasteiger charge is -2.34. The number of hydrogen-bond acceptors (Lipinski definition) is 3. The minimum Gasteiger partial charge on any atom is -0.352 e. The van der Waals surface area contributed by atoms with Crippen LogP contribution in [0.25, 0.3) is 0 Å². The van der Waals surface area contributed by atoms with Gasteiger partial charge in [0.1, 0.15) is 0 Å². The van der Waals surface area contributed by atoms with E-state index in [9.17, 15) is 4.79 Å². The van der Waals surface area contributed by atoms with Crippen molar-refractivity contribution in [3.63, 3.8) is 0 Å². The summed E-state index contributed by atoms with van der Waals surface area (Å²) in [5.74, 6) is 0.552. The van der Waals surface area contributed by atoms with E-state index in [1.807, 2.05) is 14.1 Å². The third-order valence-electron chi connectivity index (χ3n) is 4.07. The van der Waals surface area contributed by atoms with Crippen LogP contribution in [0.1, 0.15) is 52.4 Å². The van der Waals surface area contributed by atoms with Crippen molar-refractivity contribution in [3.05, 3.63) is 0 Å². The quantitative estimate of drug-likeness (QED) is 0.772. The molecule has 1 fully saturated rings. The fourth-order valence-electron chi connectivity index (χ4n) is 2.83. The molecule has 1 atom stereocenters. The van der Waals surface area contributed by atoms with Gasteiger partial charge in [0.05, 0.1) is 0 Å². The van der Waals surface area contributed by atoms with E-state index < -0.39 is 0 Å². The van der Waals surface area contributed by atoms with Crippen LogP contribution >= 0.6 is 0 Å². The van der Waals surface area contributed by atoms with Crippen LogP contribution in [0.4, 0.5) is 0 Å². The Balaban J connectivity index is 2.47. The number of hydrogen-bond donors (Lipinski definition) is 2. The van der Waals surface area contributed by atoms with Crippen LogP contribution in [-0.4, -0.2) is 43.0 Å². The summed E-state index contributed by atoms with van der Waals surface area (Å²) in [7, 11) is 4.07. The van der Waals surface area contributed by atoms with E-state index in [-0.39, 0.29) is 17.5 Å². The topological polar surface area (TPSA) is 58.4 Å². The molecule has 4 nitrogen and oxygen atoms in total. The lowest BCUT2D eigenvalue weighted by atomic mass is 9.80. The molecule has 112 valence electrons. The van der Waals surface area contributed by atoms with E-state index >= 15 is 0 Å². The van der Waals surface area contributed by atoms with E-state index in [0.717, 1.165) is 32.2 Å². The molecular formula is C15H31N3O. The first-order valence-corrected chi connectivity index (χ1v) is 7.55. The maximum atomic E-state index is 12.2. The van der Waals surface area contributed by atoms with Crippen LogP contribution in [0.5, 0.6) is 0 Å². The summed E-state index contributed by atoms with van der Waals surface area (Å²) in [5.41, 5.74) is 6.08. The average Bonchev–Trinajstić information content (AvgIpc) is 2.27. The van der Waals surface area contributed by atoms with Gasteiger partial charge in [0.2, 0.25) is 5.91 Å². The predicted octanol–water partition coefficient (Wildman–Crippen LogP) is 1.74. The summed E-state index contributed by atoms with van der Waals surface area (Å²) in [6.45, 7) is 5.17. The third-order valence-corrected chi connectivity index (χ3v) is 4.07. The molecule has 1 aliphatic rings. The van der Waals surface area contributed by atoms with Crippen molar-refractivity contribution < 1.29 is 4.79 Å². The maximum Gasteiger partial charge on any atom is 0.222 e. The zero-order valence-corrected chi connectivity index (χ0v) is 13.0. The maximum absolute atomic E-state index is 12.2. The molecule has 0 heterocycles. The second-order valence-electron chi connectivity index (χ2n) is 6.78. The molecule has 19 heavy (non-hydrogen) atoms. The first kappa shape index (κ1) is 16.4. The predicted molar refractivity (Wildman–Crippen MR) is 79.9 cm³/mol. The highest BCUT2D eigenvalue weighted by molar-refractivity contribution is 5.77. The monoisotopic (exact) mass is 269 g/mol. The molecule has 1 saturated carbocycles. The Labute approximate surface area is 118 Å². The van der Waals surface area contributed by atoms with E-state index in [0.29, 0.717) is 12.3 Å². The van der Waals surface area contributed by atoms with Gasteiger partial charge < -0.3 is 16.0 Å². The zero-order valence-electron chi connectivity index (χ0n) is 13.0. The van der Waals surface area contributed by atoms with Gasteiger partial charge >= 0.3 is 0 Å². The summed E-state index contributed by atoms with van der Waals surface area (Å²) < 4.78 is 0. The Kier molecular flexibility index (Phi) is 6.27. The van der Waals surface area contributed by atoms with Gasteiger partial charge in [-0.2, -0.15) is 0 Å². The van der Waals surface area contributed by atoms with E-state index in [4.69, 9.17) is 5.73 Å². The molecule has 1 rings (SSSR count). The average molecular weight is 269 g/mol. The van der Waals surface area contributed by atoms with Gasteiger partial charge in [-0.05, 0) is 32.9 Å². The van der Waals surface area contributed by atoms with Gasteiger partial charge in [-0.3, -0.25) is 4.79 Å². The van der Waals surface area contributed by atoms with Crippen LogP contribution in [0, 0.1) is 5.92 Å². The molecule has 0 saturated heterocycles. The van der Waals surface area contributed by atoms with Crippen LogP contribution in [0.3, 0.4) is 0 Å². The summed E-state index contributed by atoms with van der Waals surface area (Å²) in [6.07, 6.45) is 6.03. The van der Waals surface area contributed by atoms with Gasteiger partial charge in [-0.25, -0.2) is 0 Å². The lowest BCUT2D eigenvalue weighted by Crippen LogP contribution is -2.50. The summed E-state index contributed by atoms with van der Waals surface area (Å²) in [5, 5.41) is 3.16. The first-order chi connectivity index (χ1) is 8.82. The molecule has 3 N–H and O–H groups in total. The Morgan fingerprint density at radius 1 is 1.26 bits per heavy atom. The largest absolute Gasteiger partial charge is 0.352 e. The molecular weight excluding hydrogens is 238 g/mol. The second kappa shape index (κ2) is 7.25. The molecule has 0 aromatic rings. The van der Waals surface area contributed by atoms with E-state index in [1.54, 1.807) is 0 Å². The van der Waals surface area contributed by atoms with Crippen LogP contribution in [-0.2, 0) is 4.79 Å². The highest BCUT2D eigenvalue weighted by Gasteiger charge is 2.30. The standard InChI is InChI=1S/C15H31N3O/c1-12(2)13(11-18(3)4)17-14(19)10-15(16)8-6-5-7-9-15/h12-13H,5-11,16H2,1-4H3,(H,17,19). The number of nitrogens with two attached hydrogens (primary N) is 1. The van der Waals surface area contributed by atoms with Crippen molar-refractivity contribution in [2.75, 3.05) is 20.6 Å². The second-order valence-corrected chi connectivity index (χ2v) is 6.78. The highest BCUT2D eigenvalue weighted by atomic mass is 16.1. The minimum atomic E-state index is -0.262. The van der Waals surface area contributed by atoms with Crippen molar-refractivity contribution in [3.8, 4) is 0 Å². The van der Waals surface area contributed by atoms with E-state index in [1.165, 1.54) is 6.42 Å². The molecule has 1 aliphatic carbocycles. The van der Waals surface area contributed by atoms with Gasteiger partial charge in [-0.15, -0.1) is 0 Å². The van der Waals surface area contributed by atoms with Gasteiger partial charge in [0, 0.05) is 24.5 Å². The van der Waals surface area contributed by atoms with Gasteiger partial charge in [0.25, 0.3) is 0 Å². The summed E-state index contributed by atoms with van der Waals surface area (Å²) in [4.78, 5) is 14.3. The van der Waals surface area contributed by atoms with Crippen LogP contribution in [0.15, 0.2) is 0 Å². The molecule has 0 bridgehead atoms. The fourth-order valence-corrected chi connectivity index (χ4v) is 2.83. The Bertz CT molecular complexity index is 283. The van der Waals surface area contributed by atoms with Crippen molar-refractivity contribution in [1.82, 2.24) is 10.2 Å². The molecule has 1 unspecified atom stereocenters. The molecule has 4 heteroatoms. The number of rotatable bonds is 6. The first-order valence-electron chi connectivity index (χ1n) is 7.55. The van der Waals surface area contributed by atoms with Gasteiger partial charge in [-0.1, -0.05) is 33.1 Å². The SMILES string of the molecule is CC(C)C(CN(C)C)NC(=O)CC1(N)CCCCC1. The number of amides is 1. The van der Waals surface area contributed by atoms with Crippen molar-refractivity contribution in [2.45, 2.75) is 64.0 Å². The number of nitrogens with zero attached hydrogens (tertiary/aromatic N) is 1. The van der Waals surface area contributed by atoms with E-state index in [2.05, 4.69) is 24.1 Å². The number of likely N-dealkylation sites (N-methyl/N-ethyl adjacent to an activating group) is 1. The number of nitrogens with one attached hydrogen (secondary N) is 1. The Morgan fingerprint density at radius 2 is 1.84 bits per heavy atom. The molecule has 0 aliphatic heterocycles. The Morgan fingerprint density at radius 3 is 2.32 bits per heavy atom. The fraction of sp³-hybridized carbons (Fsp3) is 0.933. The van der Waals surface area contributed by atoms with Gasteiger partial charge in [0.15, 0.2) is 0 Å². The minimum absolute atomic E-state index is 0.116. The van der Waals surface area contributed by atoms with Crippen molar-refractivity contribution in [2.24, 2.45) is 11.7 Å². The van der Waals surface area contributed by atoms with Crippen molar-refractivity contribution in [1.29, 1.82) is 0 Å². The lowest BCUT2D eigenvalue weighted by molar-refractivity contribution is -0.123. The molecule has 0 spiro atoms. The van der Waals surface area contributed by atoms with Crippen molar-refractivity contribution >= 4 is 5.91 Å². The highest BCUT2D eigenvalue weighted by Crippen LogP contribution is 2.28. The smallest absolute Gasteiger partial charge is 0.222 e. The zero-order chi connectivity index (χ0) is 14.5. The third kappa shape index (κ3) is 5.91. The Hall–Kier alpha value is -0.610. The number of carbonyl (C=O) groups is 1. The molecule has 1 amide bonds. The summed E-state index contributed by atoms with van der Waals surface area (Å²) >= 11 is 0. The molecule has 0 radical (unpaired) electrons. The van der Waals surface area contributed by atoms with Crippen LogP contribution < -0.4 is 11.1 Å². The molecule has 0 aromatic carbocycles. The normalized spacial score (nSPS) is 20.6. The molecule has 0 aromatic heterocycles. The number of carbonyl (C=O) groups excluding carboxylic acids is 1. The van der Waals surface area contributed by atoms with Crippen LogP contribution in [0.2, 0.25) is 0 Å².